The Balaban J connectivity index is 1.89. The molecule has 2 atom stereocenters. The predicted molar refractivity (Wildman–Crippen MR) is 57.8 cm³/mol. The van der Waals surface area contributed by atoms with E-state index in [2.05, 4.69) is 4.98 Å². The van der Waals surface area contributed by atoms with Gasteiger partial charge in [-0.05, 0) is 6.42 Å². The number of carboxylic acid groups (broad SMARTS) is 1. The number of aliphatic carboxylic acids is 1. The maximum Gasteiger partial charge on any atom is 0.307 e. The Labute approximate surface area is 96.7 Å². The predicted octanol–water partition coefficient (Wildman–Crippen LogP) is 0.822. The van der Waals surface area contributed by atoms with E-state index < -0.39 is 11.9 Å². The summed E-state index contributed by atoms with van der Waals surface area (Å²) in [7, 11) is 1.68. The van der Waals surface area contributed by atoms with Crippen molar-refractivity contribution < 1.29 is 14.7 Å². The van der Waals surface area contributed by atoms with Crippen molar-refractivity contribution >= 4 is 23.2 Å². The second-order valence-electron chi connectivity index (χ2n) is 3.96. The van der Waals surface area contributed by atoms with Crippen LogP contribution >= 0.6 is 11.3 Å². The molecular weight excluding hydrogens is 228 g/mol. The number of aromatic nitrogens is 1. The number of nitrogens with zero attached hydrogens (tertiary/aromatic N) is 2. The third kappa shape index (κ3) is 2.21. The lowest BCUT2D eigenvalue weighted by Gasteiger charge is -2.15. The van der Waals surface area contributed by atoms with Crippen LogP contribution in [-0.4, -0.2) is 33.9 Å². The molecule has 0 radical (unpaired) electrons. The molecule has 0 aromatic carbocycles. The topological polar surface area (TPSA) is 70.5 Å². The lowest BCUT2D eigenvalue weighted by Crippen LogP contribution is -2.28. The van der Waals surface area contributed by atoms with Crippen molar-refractivity contribution in [3.05, 3.63) is 16.6 Å². The highest BCUT2D eigenvalue weighted by Crippen LogP contribution is 2.40. The standard InChI is InChI=1S/C10H12N2O3S/c1-12(3-6-4-16-5-11-6)9(13)7-2-8(7)10(14)15/h4-5,7-8H,2-3H2,1H3,(H,14,15)/t7-,8+/m1/s1. The molecule has 1 N–H and O–H groups in total. The zero-order valence-corrected chi connectivity index (χ0v) is 9.61. The van der Waals surface area contributed by atoms with Crippen LogP contribution in [0.4, 0.5) is 0 Å². The Hall–Kier alpha value is -1.43. The van der Waals surface area contributed by atoms with Gasteiger partial charge in [0, 0.05) is 12.4 Å². The van der Waals surface area contributed by atoms with Crippen LogP contribution in [0.5, 0.6) is 0 Å². The number of carbonyl (C=O) groups excluding carboxylic acids is 1. The normalized spacial score (nSPS) is 22.8. The number of hydrogen-bond donors (Lipinski definition) is 1. The third-order valence-electron chi connectivity index (χ3n) is 2.68. The third-order valence-corrected chi connectivity index (χ3v) is 3.32. The van der Waals surface area contributed by atoms with Crippen LogP contribution in [0.25, 0.3) is 0 Å². The summed E-state index contributed by atoms with van der Waals surface area (Å²) in [5, 5.41) is 10.6. The Kier molecular flexibility index (Phi) is 2.91. The van der Waals surface area contributed by atoms with Crippen LogP contribution in [0, 0.1) is 11.8 Å². The molecule has 1 saturated carbocycles. The van der Waals surface area contributed by atoms with Crippen molar-refractivity contribution in [2.45, 2.75) is 13.0 Å². The van der Waals surface area contributed by atoms with Gasteiger partial charge in [-0.2, -0.15) is 0 Å². The average Bonchev–Trinajstić information content (AvgIpc) is 2.89. The lowest BCUT2D eigenvalue weighted by molar-refractivity contribution is -0.141. The van der Waals surface area contributed by atoms with Crippen LogP contribution in [-0.2, 0) is 16.1 Å². The quantitative estimate of drug-likeness (QED) is 0.846. The van der Waals surface area contributed by atoms with E-state index in [0.29, 0.717) is 13.0 Å². The second kappa shape index (κ2) is 4.21. The molecule has 16 heavy (non-hydrogen) atoms. The first-order valence-electron chi connectivity index (χ1n) is 4.94. The zero-order valence-electron chi connectivity index (χ0n) is 8.79. The van der Waals surface area contributed by atoms with Crippen LogP contribution < -0.4 is 0 Å². The lowest BCUT2D eigenvalue weighted by atomic mass is 10.3. The van der Waals surface area contributed by atoms with Crippen molar-refractivity contribution in [3.8, 4) is 0 Å². The van der Waals surface area contributed by atoms with Crippen LogP contribution in [0.3, 0.4) is 0 Å². The summed E-state index contributed by atoms with van der Waals surface area (Å²) in [6.45, 7) is 0.450. The fourth-order valence-corrected chi connectivity index (χ4v) is 2.21. The largest absolute Gasteiger partial charge is 0.481 e. The molecule has 1 amide bonds. The van der Waals surface area contributed by atoms with Gasteiger partial charge in [0.1, 0.15) is 0 Å². The second-order valence-corrected chi connectivity index (χ2v) is 4.68. The van der Waals surface area contributed by atoms with E-state index in [1.54, 1.807) is 17.5 Å². The first-order valence-corrected chi connectivity index (χ1v) is 5.88. The SMILES string of the molecule is CN(Cc1cscn1)C(=O)[C@@H]1C[C@@H]1C(=O)O. The van der Waals surface area contributed by atoms with E-state index in [1.807, 2.05) is 5.38 Å². The Morgan fingerprint density at radius 3 is 2.88 bits per heavy atom. The molecule has 0 unspecified atom stereocenters. The molecule has 6 heteroatoms. The van der Waals surface area contributed by atoms with E-state index >= 15 is 0 Å². The smallest absolute Gasteiger partial charge is 0.307 e. The molecule has 1 aromatic rings. The molecule has 0 spiro atoms. The van der Waals surface area contributed by atoms with E-state index in [4.69, 9.17) is 5.11 Å². The molecule has 1 fully saturated rings. The summed E-state index contributed by atoms with van der Waals surface area (Å²) in [5.74, 6) is -1.78. The number of carbonyl (C=O) groups is 2. The Morgan fingerprint density at radius 2 is 2.38 bits per heavy atom. The van der Waals surface area contributed by atoms with Gasteiger partial charge < -0.3 is 10.0 Å². The minimum atomic E-state index is -0.875. The highest BCUT2D eigenvalue weighted by atomic mass is 32.1. The van der Waals surface area contributed by atoms with Crippen LogP contribution in [0.1, 0.15) is 12.1 Å². The number of thiazole rings is 1. The summed E-state index contributed by atoms with van der Waals surface area (Å²) in [6, 6.07) is 0. The van der Waals surface area contributed by atoms with Crippen LogP contribution in [0.2, 0.25) is 0 Å². The molecule has 1 aliphatic rings. The monoisotopic (exact) mass is 240 g/mol. The minimum Gasteiger partial charge on any atom is -0.481 e. The van der Waals surface area contributed by atoms with Gasteiger partial charge in [0.25, 0.3) is 0 Å². The molecule has 0 saturated heterocycles. The van der Waals surface area contributed by atoms with Gasteiger partial charge in [-0.25, -0.2) is 4.98 Å². The first-order chi connectivity index (χ1) is 7.59. The summed E-state index contributed by atoms with van der Waals surface area (Å²) < 4.78 is 0. The van der Waals surface area contributed by atoms with Gasteiger partial charge in [-0.1, -0.05) is 0 Å². The van der Waals surface area contributed by atoms with Gasteiger partial charge in [0.15, 0.2) is 0 Å². The van der Waals surface area contributed by atoms with Gasteiger partial charge in [-0.3, -0.25) is 9.59 Å². The molecule has 1 aliphatic carbocycles. The maximum atomic E-state index is 11.8. The summed E-state index contributed by atoms with van der Waals surface area (Å²) in [5.41, 5.74) is 2.55. The van der Waals surface area contributed by atoms with Crippen molar-refractivity contribution in [2.75, 3.05) is 7.05 Å². The van der Waals surface area contributed by atoms with Crippen molar-refractivity contribution in [2.24, 2.45) is 11.8 Å². The molecule has 5 nitrogen and oxygen atoms in total. The molecular formula is C10H12N2O3S. The van der Waals surface area contributed by atoms with E-state index in [0.717, 1.165) is 5.69 Å². The number of carboxylic acids is 1. The Bertz CT molecular complexity index is 404. The van der Waals surface area contributed by atoms with Crippen molar-refractivity contribution in [1.82, 2.24) is 9.88 Å². The number of hydrogen-bond acceptors (Lipinski definition) is 4. The van der Waals surface area contributed by atoms with Gasteiger partial charge in [0.05, 0.1) is 29.6 Å². The van der Waals surface area contributed by atoms with Gasteiger partial charge >= 0.3 is 5.97 Å². The maximum absolute atomic E-state index is 11.8. The average molecular weight is 240 g/mol. The van der Waals surface area contributed by atoms with Crippen LogP contribution in [0.15, 0.2) is 10.9 Å². The van der Waals surface area contributed by atoms with Gasteiger partial charge in [-0.15, -0.1) is 11.3 Å². The summed E-state index contributed by atoms with van der Waals surface area (Å²) in [4.78, 5) is 28.0. The zero-order chi connectivity index (χ0) is 11.7. The molecule has 0 bridgehead atoms. The van der Waals surface area contributed by atoms with Crippen molar-refractivity contribution in [3.63, 3.8) is 0 Å². The summed E-state index contributed by atoms with van der Waals surface area (Å²) >= 11 is 1.48. The fourth-order valence-electron chi connectivity index (χ4n) is 1.66. The summed E-state index contributed by atoms with van der Waals surface area (Å²) in [6.07, 6.45) is 0.468. The van der Waals surface area contributed by atoms with E-state index in [-0.39, 0.29) is 11.8 Å². The molecule has 1 heterocycles. The van der Waals surface area contributed by atoms with Gasteiger partial charge in [0.2, 0.25) is 5.91 Å². The first kappa shape index (κ1) is 11.1. The minimum absolute atomic E-state index is 0.0969. The Morgan fingerprint density at radius 1 is 1.62 bits per heavy atom. The number of amides is 1. The molecule has 2 rings (SSSR count). The van der Waals surface area contributed by atoms with Crippen molar-refractivity contribution in [1.29, 1.82) is 0 Å². The molecule has 86 valence electrons. The van der Waals surface area contributed by atoms with E-state index in [9.17, 15) is 9.59 Å². The highest BCUT2D eigenvalue weighted by Gasteiger charge is 2.49. The van der Waals surface area contributed by atoms with E-state index in [1.165, 1.54) is 11.3 Å². The fraction of sp³-hybridized carbons (Fsp3) is 0.500. The number of rotatable bonds is 4. The molecule has 1 aromatic heterocycles. The highest BCUT2D eigenvalue weighted by molar-refractivity contribution is 7.07. The molecule has 0 aliphatic heterocycles.